The number of benzene rings is 1. The predicted octanol–water partition coefficient (Wildman–Crippen LogP) is 0.0834. The van der Waals surface area contributed by atoms with Crippen LogP contribution in [0.2, 0.25) is 0 Å². The number of rotatable bonds is 0. The largest absolute Gasteiger partial charge is 0.631 e. The quantitative estimate of drug-likeness (QED) is 0.511. The molecule has 0 unspecified atom stereocenters. The van der Waals surface area contributed by atoms with Crippen LogP contribution in [0.15, 0.2) is 36.6 Å². The maximum atomic E-state index is 7.17. The topological polar surface area (TPSA) is 69.9 Å². The van der Waals surface area contributed by atoms with Crippen molar-refractivity contribution in [1.29, 1.82) is 0 Å². The molecule has 0 aliphatic carbocycles. The highest BCUT2D eigenvalue weighted by atomic mass is 16.5. The molecule has 0 atom stereocenters. The van der Waals surface area contributed by atoms with Crippen LogP contribution in [0.1, 0.15) is 5.56 Å². The number of fused-ring (bicyclic) bond motifs is 1. The van der Waals surface area contributed by atoms with E-state index >= 15 is 0 Å². The molecule has 3 N–H and O–H groups in total. The second-order valence-electron chi connectivity index (χ2n) is 2.65. The molecule has 0 fully saturated rings. The molecule has 14 heavy (non-hydrogen) atoms. The van der Waals surface area contributed by atoms with E-state index in [4.69, 9.17) is 19.8 Å². The van der Waals surface area contributed by atoms with Gasteiger partial charge in [-0.1, -0.05) is 18.2 Å². The molecule has 4 nitrogen and oxygen atoms in total. The molecule has 1 aromatic rings. The normalized spacial score (nSPS) is 11.9. The standard InChI is InChI=1S/C9H8O.BH3O3/c1-2-6-9-8(4-1)5-3-7-10-9;2-1(3)4/h1-4,6-7H,5H2;2-4H. The summed E-state index contributed by atoms with van der Waals surface area (Å²) in [5.41, 5.74) is 1.27. The first kappa shape index (κ1) is 10.8. The van der Waals surface area contributed by atoms with Gasteiger partial charge in [0.1, 0.15) is 5.75 Å². The van der Waals surface area contributed by atoms with E-state index in [0.717, 1.165) is 12.2 Å². The molecule has 1 aromatic carbocycles. The van der Waals surface area contributed by atoms with Gasteiger partial charge in [0.15, 0.2) is 0 Å². The van der Waals surface area contributed by atoms with Crippen molar-refractivity contribution >= 4 is 7.32 Å². The Hall–Kier alpha value is -1.30. The third kappa shape index (κ3) is 3.61. The molecule has 0 aromatic heterocycles. The van der Waals surface area contributed by atoms with Crippen molar-refractivity contribution in [1.82, 2.24) is 0 Å². The van der Waals surface area contributed by atoms with Crippen LogP contribution in [-0.2, 0) is 6.42 Å². The van der Waals surface area contributed by atoms with E-state index in [1.807, 2.05) is 24.3 Å². The molecule has 0 spiro atoms. The lowest BCUT2D eigenvalue weighted by atomic mass is 10.1. The first-order valence-electron chi connectivity index (χ1n) is 4.14. The number of ether oxygens (including phenoxy) is 1. The molecule has 1 aliphatic rings. The average Bonchev–Trinajstić information content (AvgIpc) is 2.17. The van der Waals surface area contributed by atoms with Crippen molar-refractivity contribution in [2.45, 2.75) is 6.42 Å². The fraction of sp³-hybridized carbons (Fsp3) is 0.111. The fourth-order valence-electron chi connectivity index (χ4n) is 1.08. The van der Waals surface area contributed by atoms with Crippen molar-refractivity contribution in [2.75, 3.05) is 0 Å². The zero-order valence-electron chi connectivity index (χ0n) is 7.50. The summed E-state index contributed by atoms with van der Waals surface area (Å²) in [6, 6.07) is 8.08. The lowest BCUT2D eigenvalue weighted by molar-refractivity contribution is 0.278. The summed E-state index contributed by atoms with van der Waals surface area (Å²) in [6.07, 6.45) is 4.75. The van der Waals surface area contributed by atoms with Crippen molar-refractivity contribution in [3.05, 3.63) is 42.2 Å². The molecule has 0 saturated heterocycles. The number of allylic oxidation sites excluding steroid dienone is 1. The smallest absolute Gasteiger partial charge is 0.465 e. The van der Waals surface area contributed by atoms with Crippen molar-refractivity contribution in [2.24, 2.45) is 0 Å². The minimum Gasteiger partial charge on any atom is -0.465 e. The Labute approximate surface area is 82.3 Å². The van der Waals surface area contributed by atoms with E-state index in [1.165, 1.54) is 5.56 Å². The first-order valence-corrected chi connectivity index (χ1v) is 4.14. The Kier molecular flexibility index (Phi) is 4.19. The van der Waals surface area contributed by atoms with Crippen LogP contribution in [0.25, 0.3) is 0 Å². The van der Waals surface area contributed by atoms with Gasteiger partial charge in [-0.25, -0.2) is 0 Å². The van der Waals surface area contributed by atoms with Crippen molar-refractivity contribution < 1.29 is 19.8 Å². The Morgan fingerprint density at radius 3 is 2.43 bits per heavy atom. The summed E-state index contributed by atoms with van der Waals surface area (Å²) in [5, 5.41) is 21.5. The Bertz CT molecular complexity index is 282. The van der Waals surface area contributed by atoms with Crippen LogP contribution in [-0.4, -0.2) is 22.4 Å². The van der Waals surface area contributed by atoms with Crippen molar-refractivity contribution in [3.63, 3.8) is 0 Å². The van der Waals surface area contributed by atoms with Gasteiger partial charge in [0.05, 0.1) is 6.26 Å². The van der Waals surface area contributed by atoms with E-state index in [-0.39, 0.29) is 0 Å². The fourth-order valence-corrected chi connectivity index (χ4v) is 1.08. The second-order valence-corrected chi connectivity index (χ2v) is 2.65. The van der Waals surface area contributed by atoms with Gasteiger partial charge in [-0.15, -0.1) is 0 Å². The zero-order chi connectivity index (χ0) is 10.4. The summed E-state index contributed by atoms with van der Waals surface area (Å²) >= 11 is 0. The third-order valence-electron chi connectivity index (χ3n) is 1.60. The zero-order valence-corrected chi connectivity index (χ0v) is 7.50. The van der Waals surface area contributed by atoms with Crippen LogP contribution in [0.4, 0.5) is 0 Å². The highest BCUT2D eigenvalue weighted by Gasteiger charge is 2.02. The molecule has 1 aliphatic heterocycles. The molecule has 0 saturated carbocycles. The molecular weight excluding hydrogens is 183 g/mol. The number of hydrogen-bond donors (Lipinski definition) is 3. The summed E-state index contributed by atoms with van der Waals surface area (Å²) in [5.74, 6) is 0.991. The van der Waals surface area contributed by atoms with Gasteiger partial charge in [0.25, 0.3) is 0 Å². The van der Waals surface area contributed by atoms with Crippen LogP contribution >= 0.6 is 0 Å². The predicted molar refractivity (Wildman–Crippen MR) is 52.3 cm³/mol. The molecule has 0 bridgehead atoms. The highest BCUT2D eigenvalue weighted by Crippen LogP contribution is 2.21. The summed E-state index contributed by atoms with van der Waals surface area (Å²) in [7, 11) is -2.17. The Balaban J connectivity index is 0.000000213. The van der Waals surface area contributed by atoms with Gasteiger partial charge in [-0.05, 0) is 24.1 Å². The number of para-hydroxylation sites is 1. The average molecular weight is 194 g/mol. The van der Waals surface area contributed by atoms with E-state index in [9.17, 15) is 0 Å². The molecule has 74 valence electrons. The Morgan fingerprint density at radius 1 is 1.14 bits per heavy atom. The third-order valence-corrected chi connectivity index (χ3v) is 1.60. The van der Waals surface area contributed by atoms with Gasteiger partial charge in [-0.2, -0.15) is 0 Å². The lowest BCUT2D eigenvalue weighted by Crippen LogP contribution is -2.07. The molecule has 5 heteroatoms. The van der Waals surface area contributed by atoms with Crippen LogP contribution in [0.5, 0.6) is 5.75 Å². The Morgan fingerprint density at radius 2 is 1.79 bits per heavy atom. The summed E-state index contributed by atoms with van der Waals surface area (Å²) in [6.45, 7) is 0. The molecule has 0 radical (unpaired) electrons. The maximum absolute atomic E-state index is 7.17. The van der Waals surface area contributed by atoms with E-state index < -0.39 is 7.32 Å². The highest BCUT2D eigenvalue weighted by molar-refractivity contribution is 6.30. The SMILES string of the molecule is C1=COc2ccccc2C1.OB(O)O. The van der Waals surface area contributed by atoms with E-state index in [1.54, 1.807) is 6.26 Å². The van der Waals surface area contributed by atoms with Gasteiger partial charge in [0, 0.05) is 0 Å². The molecular formula is C9H11BO4. The van der Waals surface area contributed by atoms with Crippen LogP contribution in [0.3, 0.4) is 0 Å². The van der Waals surface area contributed by atoms with E-state index in [2.05, 4.69) is 6.07 Å². The van der Waals surface area contributed by atoms with Crippen molar-refractivity contribution in [3.8, 4) is 5.75 Å². The number of hydrogen-bond acceptors (Lipinski definition) is 4. The lowest BCUT2D eigenvalue weighted by Gasteiger charge is -2.09. The van der Waals surface area contributed by atoms with Gasteiger partial charge in [-0.3, -0.25) is 0 Å². The maximum Gasteiger partial charge on any atom is 0.631 e. The van der Waals surface area contributed by atoms with E-state index in [0.29, 0.717) is 0 Å². The molecule has 0 amide bonds. The molecule has 2 rings (SSSR count). The monoisotopic (exact) mass is 194 g/mol. The van der Waals surface area contributed by atoms with Gasteiger partial charge < -0.3 is 19.8 Å². The minimum absolute atomic E-state index is 0.991. The van der Waals surface area contributed by atoms with Gasteiger partial charge >= 0.3 is 7.32 Å². The summed E-state index contributed by atoms with van der Waals surface area (Å²) < 4.78 is 5.24. The van der Waals surface area contributed by atoms with Crippen LogP contribution < -0.4 is 4.74 Å². The van der Waals surface area contributed by atoms with Gasteiger partial charge in [0.2, 0.25) is 0 Å². The summed E-state index contributed by atoms with van der Waals surface area (Å²) in [4.78, 5) is 0. The second kappa shape index (κ2) is 5.44. The molecule has 1 heterocycles. The first-order chi connectivity index (χ1) is 6.70. The van der Waals surface area contributed by atoms with Crippen LogP contribution in [0, 0.1) is 0 Å². The minimum atomic E-state index is -2.17.